The van der Waals surface area contributed by atoms with Crippen molar-refractivity contribution in [2.24, 2.45) is 0 Å². The van der Waals surface area contributed by atoms with Crippen LogP contribution in [0.1, 0.15) is 0 Å². The molecule has 0 aliphatic carbocycles. The van der Waals surface area contributed by atoms with Gasteiger partial charge in [0, 0.05) is 0 Å². The quantitative estimate of drug-likeness (QED) is 0.248. The summed E-state index contributed by atoms with van der Waals surface area (Å²) in [5.74, 6) is -1.65. The van der Waals surface area contributed by atoms with E-state index in [0.29, 0.717) is 0 Å². The van der Waals surface area contributed by atoms with Gasteiger partial charge in [0.05, 0.1) is 7.11 Å². The molecule has 0 aliphatic heterocycles. The van der Waals surface area contributed by atoms with Crippen molar-refractivity contribution in [2.45, 2.75) is 0 Å². The molecule has 4 heteroatoms. The van der Waals surface area contributed by atoms with E-state index in [0.717, 1.165) is 0 Å². The Balaban J connectivity index is 3.49. The number of carboxylic acids is 1. The Morgan fingerprint density at radius 2 is 2.25 bits per heavy atom. The summed E-state index contributed by atoms with van der Waals surface area (Å²) in [7, 11) is 1.20. The Kier molecular flexibility index (Phi) is 2.64. The molecule has 0 saturated carbocycles. The number of carbonyl (C=O) groups is 1. The Morgan fingerprint density at radius 3 is 2.38 bits per heavy atom. The molecule has 0 bridgehead atoms. The van der Waals surface area contributed by atoms with Crippen LogP contribution in [0, 0.1) is 0 Å². The van der Waals surface area contributed by atoms with E-state index < -0.39 is 11.7 Å². The molecule has 0 aromatic rings. The second-order valence-corrected chi connectivity index (χ2v) is 0.978. The topological polar surface area (TPSA) is 55.8 Å². The SMILES string of the molecule is C=C(OOC)C(=O)O. The fourth-order valence-corrected chi connectivity index (χ4v) is 0.136. The molecule has 46 valence electrons. The van der Waals surface area contributed by atoms with Crippen LogP contribution in [0.3, 0.4) is 0 Å². The predicted octanol–water partition coefficient (Wildman–Crippen LogP) is 0.163. The summed E-state index contributed by atoms with van der Waals surface area (Å²) in [5, 5.41) is 8.01. The summed E-state index contributed by atoms with van der Waals surface area (Å²) in [6, 6.07) is 0. The van der Waals surface area contributed by atoms with Crippen LogP contribution in [-0.2, 0) is 14.6 Å². The first-order chi connectivity index (χ1) is 3.68. The Morgan fingerprint density at radius 1 is 1.75 bits per heavy atom. The third-order valence-corrected chi connectivity index (χ3v) is 0.422. The van der Waals surface area contributed by atoms with Crippen molar-refractivity contribution < 1.29 is 19.7 Å². The normalized spacial score (nSPS) is 8.12. The van der Waals surface area contributed by atoms with Crippen LogP contribution in [0.4, 0.5) is 0 Å². The van der Waals surface area contributed by atoms with Crippen molar-refractivity contribution in [1.82, 2.24) is 0 Å². The van der Waals surface area contributed by atoms with Gasteiger partial charge in [-0.3, -0.25) is 0 Å². The molecule has 0 saturated heterocycles. The molecule has 0 aliphatic rings. The van der Waals surface area contributed by atoms with Crippen LogP contribution >= 0.6 is 0 Å². The highest BCUT2D eigenvalue weighted by atomic mass is 17.2. The van der Waals surface area contributed by atoms with Gasteiger partial charge >= 0.3 is 5.97 Å². The van der Waals surface area contributed by atoms with Crippen molar-refractivity contribution in [2.75, 3.05) is 7.11 Å². The Bertz CT molecular complexity index is 107. The highest BCUT2D eigenvalue weighted by Gasteiger charge is 2.03. The first kappa shape index (κ1) is 6.97. The van der Waals surface area contributed by atoms with E-state index in [9.17, 15) is 4.79 Å². The van der Waals surface area contributed by atoms with Crippen LogP contribution in [0.15, 0.2) is 12.3 Å². The zero-order valence-electron chi connectivity index (χ0n) is 4.38. The second kappa shape index (κ2) is 3.04. The molecule has 0 rings (SSSR count). The van der Waals surface area contributed by atoms with Crippen molar-refractivity contribution in [3.05, 3.63) is 12.3 Å². The van der Waals surface area contributed by atoms with Gasteiger partial charge in [-0.2, -0.15) is 4.89 Å². The summed E-state index contributed by atoms with van der Waals surface area (Å²) >= 11 is 0. The van der Waals surface area contributed by atoms with E-state index in [2.05, 4.69) is 16.4 Å². The number of rotatable bonds is 3. The van der Waals surface area contributed by atoms with Crippen LogP contribution in [0.25, 0.3) is 0 Å². The van der Waals surface area contributed by atoms with Crippen molar-refractivity contribution >= 4 is 5.97 Å². The van der Waals surface area contributed by atoms with Gasteiger partial charge in [0.2, 0.25) is 5.76 Å². The molecule has 0 heterocycles. The number of hydrogen-bond acceptors (Lipinski definition) is 3. The summed E-state index contributed by atoms with van der Waals surface area (Å²) in [5.41, 5.74) is 0. The average Bonchev–Trinajstić information content (AvgIpc) is 1.67. The highest BCUT2D eigenvalue weighted by Crippen LogP contribution is 1.90. The minimum atomic E-state index is -1.23. The third kappa shape index (κ3) is 2.20. The van der Waals surface area contributed by atoms with Crippen molar-refractivity contribution in [3.8, 4) is 0 Å². The zero-order chi connectivity index (χ0) is 6.57. The standard InChI is InChI=1S/C4H6O4/c1-3(4(5)6)8-7-2/h1H2,2H3,(H,5,6). The molecule has 0 fully saturated rings. The van der Waals surface area contributed by atoms with E-state index >= 15 is 0 Å². The lowest BCUT2D eigenvalue weighted by atomic mass is 10.6. The van der Waals surface area contributed by atoms with E-state index in [1.54, 1.807) is 0 Å². The van der Waals surface area contributed by atoms with Gasteiger partial charge < -0.3 is 9.99 Å². The summed E-state index contributed by atoms with van der Waals surface area (Å²) in [6.45, 7) is 3.00. The molecular weight excluding hydrogens is 112 g/mol. The highest BCUT2D eigenvalue weighted by molar-refractivity contribution is 5.83. The first-order valence-corrected chi connectivity index (χ1v) is 1.81. The summed E-state index contributed by atoms with van der Waals surface area (Å²) < 4.78 is 0. The van der Waals surface area contributed by atoms with Crippen LogP contribution in [0.5, 0.6) is 0 Å². The fourth-order valence-electron chi connectivity index (χ4n) is 0.136. The van der Waals surface area contributed by atoms with Crippen molar-refractivity contribution in [1.29, 1.82) is 0 Å². The number of hydrogen-bond donors (Lipinski definition) is 1. The molecule has 0 aromatic heterocycles. The smallest absolute Gasteiger partial charge is 0.374 e. The molecule has 0 atom stereocenters. The average molecular weight is 118 g/mol. The van der Waals surface area contributed by atoms with Crippen LogP contribution in [0.2, 0.25) is 0 Å². The monoisotopic (exact) mass is 118 g/mol. The van der Waals surface area contributed by atoms with Crippen molar-refractivity contribution in [3.63, 3.8) is 0 Å². The molecular formula is C4H6O4. The van der Waals surface area contributed by atoms with Gasteiger partial charge in [-0.15, -0.1) is 0 Å². The van der Waals surface area contributed by atoms with E-state index in [-0.39, 0.29) is 0 Å². The lowest BCUT2D eigenvalue weighted by Gasteiger charge is -1.95. The van der Waals surface area contributed by atoms with E-state index in [1.165, 1.54) is 7.11 Å². The molecule has 0 spiro atoms. The molecule has 0 radical (unpaired) electrons. The lowest BCUT2D eigenvalue weighted by molar-refractivity contribution is -0.239. The van der Waals surface area contributed by atoms with Gasteiger partial charge in [-0.25, -0.2) is 4.79 Å². The molecule has 8 heavy (non-hydrogen) atoms. The molecule has 0 unspecified atom stereocenters. The Hall–Kier alpha value is -1.03. The van der Waals surface area contributed by atoms with Gasteiger partial charge in [0.1, 0.15) is 0 Å². The maximum Gasteiger partial charge on any atom is 0.374 e. The molecule has 0 amide bonds. The Labute approximate surface area is 46.3 Å². The van der Waals surface area contributed by atoms with Crippen LogP contribution < -0.4 is 0 Å². The summed E-state index contributed by atoms with van der Waals surface area (Å²) in [4.78, 5) is 17.8. The van der Waals surface area contributed by atoms with Crippen LogP contribution in [-0.4, -0.2) is 18.2 Å². The van der Waals surface area contributed by atoms with E-state index in [4.69, 9.17) is 5.11 Å². The number of carboxylic acid groups (broad SMARTS) is 1. The predicted molar refractivity (Wildman–Crippen MR) is 24.9 cm³/mol. The maximum absolute atomic E-state index is 9.78. The lowest BCUT2D eigenvalue weighted by Crippen LogP contribution is -2.01. The number of aliphatic carboxylic acids is 1. The first-order valence-electron chi connectivity index (χ1n) is 1.81. The minimum Gasteiger partial charge on any atom is -0.475 e. The third-order valence-electron chi connectivity index (χ3n) is 0.422. The van der Waals surface area contributed by atoms with Gasteiger partial charge in [-0.05, 0) is 6.58 Å². The second-order valence-electron chi connectivity index (χ2n) is 0.978. The van der Waals surface area contributed by atoms with Gasteiger partial charge in [0.15, 0.2) is 0 Å². The molecule has 0 aromatic carbocycles. The van der Waals surface area contributed by atoms with Gasteiger partial charge in [-0.1, -0.05) is 0 Å². The van der Waals surface area contributed by atoms with Gasteiger partial charge in [0.25, 0.3) is 0 Å². The summed E-state index contributed by atoms with van der Waals surface area (Å²) in [6.07, 6.45) is 0. The van der Waals surface area contributed by atoms with E-state index in [1.807, 2.05) is 0 Å². The largest absolute Gasteiger partial charge is 0.475 e. The molecule has 1 N–H and O–H groups in total. The zero-order valence-corrected chi connectivity index (χ0v) is 4.38. The minimum absolute atomic E-state index is 0.424. The molecule has 4 nitrogen and oxygen atoms in total. The maximum atomic E-state index is 9.78. The fraction of sp³-hybridized carbons (Fsp3) is 0.250.